The summed E-state index contributed by atoms with van der Waals surface area (Å²) >= 11 is 0. The highest BCUT2D eigenvalue weighted by Gasteiger charge is 2.32. The second-order valence-corrected chi connectivity index (χ2v) is 4.07. The molecule has 0 radical (unpaired) electrons. The van der Waals surface area contributed by atoms with Gasteiger partial charge >= 0.3 is 0 Å². The summed E-state index contributed by atoms with van der Waals surface area (Å²) in [5, 5.41) is 0. The van der Waals surface area contributed by atoms with Crippen LogP contribution >= 0.6 is 0 Å². The summed E-state index contributed by atoms with van der Waals surface area (Å²) in [5.74, 6) is 1.75. The topological polar surface area (TPSA) is 9.23 Å². The standard InChI is InChI=1S/C11H18O/c1-12-11-8-4-6-9-5-2-3-7-10(9)11/h2-3,9-11H,4-8H2,1H3. The minimum atomic E-state index is 0.550. The maximum absolute atomic E-state index is 5.53. The zero-order valence-corrected chi connectivity index (χ0v) is 7.83. The summed E-state index contributed by atoms with van der Waals surface area (Å²) in [6, 6.07) is 0. The Balaban J connectivity index is 2.05. The van der Waals surface area contributed by atoms with Gasteiger partial charge in [-0.1, -0.05) is 18.6 Å². The zero-order chi connectivity index (χ0) is 8.39. The van der Waals surface area contributed by atoms with Gasteiger partial charge in [0.15, 0.2) is 0 Å². The summed E-state index contributed by atoms with van der Waals surface area (Å²) in [6.45, 7) is 0. The van der Waals surface area contributed by atoms with Crippen LogP contribution in [0.2, 0.25) is 0 Å². The molecule has 0 spiro atoms. The molecular formula is C11H18O. The number of hydrogen-bond acceptors (Lipinski definition) is 1. The first-order valence-electron chi connectivity index (χ1n) is 5.09. The Morgan fingerprint density at radius 1 is 1.17 bits per heavy atom. The van der Waals surface area contributed by atoms with E-state index in [9.17, 15) is 0 Å². The quantitative estimate of drug-likeness (QED) is 0.544. The van der Waals surface area contributed by atoms with Crippen molar-refractivity contribution in [1.82, 2.24) is 0 Å². The fourth-order valence-electron chi connectivity index (χ4n) is 2.77. The fourth-order valence-corrected chi connectivity index (χ4v) is 2.77. The number of fused-ring (bicyclic) bond motifs is 1. The van der Waals surface area contributed by atoms with E-state index < -0.39 is 0 Å². The van der Waals surface area contributed by atoms with Gasteiger partial charge in [0.05, 0.1) is 6.10 Å². The molecule has 2 rings (SSSR count). The molecule has 1 fully saturated rings. The minimum Gasteiger partial charge on any atom is -0.381 e. The first-order chi connectivity index (χ1) is 5.92. The van der Waals surface area contributed by atoms with Gasteiger partial charge in [0.25, 0.3) is 0 Å². The highest BCUT2D eigenvalue weighted by Crippen LogP contribution is 2.38. The van der Waals surface area contributed by atoms with Gasteiger partial charge < -0.3 is 4.74 Å². The molecule has 1 heteroatoms. The number of hydrogen-bond donors (Lipinski definition) is 0. The lowest BCUT2D eigenvalue weighted by atomic mass is 9.72. The molecule has 0 aromatic rings. The predicted molar refractivity (Wildman–Crippen MR) is 50.0 cm³/mol. The van der Waals surface area contributed by atoms with E-state index in [4.69, 9.17) is 4.74 Å². The Bertz CT molecular complexity index is 174. The molecular weight excluding hydrogens is 148 g/mol. The van der Waals surface area contributed by atoms with E-state index in [2.05, 4.69) is 12.2 Å². The van der Waals surface area contributed by atoms with Crippen LogP contribution in [0.4, 0.5) is 0 Å². The number of rotatable bonds is 1. The van der Waals surface area contributed by atoms with Crippen molar-refractivity contribution in [2.24, 2.45) is 11.8 Å². The van der Waals surface area contributed by atoms with Gasteiger partial charge in [-0.15, -0.1) is 0 Å². The first kappa shape index (κ1) is 8.31. The lowest BCUT2D eigenvalue weighted by molar-refractivity contribution is -0.00500. The molecule has 0 bridgehead atoms. The average Bonchev–Trinajstić information content (AvgIpc) is 2.17. The molecule has 3 atom stereocenters. The molecule has 0 heterocycles. The number of allylic oxidation sites excluding steroid dienone is 2. The van der Waals surface area contributed by atoms with Crippen LogP contribution in [-0.2, 0) is 4.74 Å². The first-order valence-corrected chi connectivity index (χ1v) is 5.09. The maximum atomic E-state index is 5.53. The van der Waals surface area contributed by atoms with Crippen molar-refractivity contribution in [2.45, 2.75) is 38.2 Å². The Morgan fingerprint density at radius 3 is 2.83 bits per heavy atom. The monoisotopic (exact) mass is 166 g/mol. The molecule has 0 saturated heterocycles. The van der Waals surface area contributed by atoms with Crippen molar-refractivity contribution >= 4 is 0 Å². The molecule has 0 aromatic carbocycles. The Morgan fingerprint density at radius 2 is 2.00 bits per heavy atom. The van der Waals surface area contributed by atoms with Crippen LogP contribution in [0, 0.1) is 11.8 Å². The summed E-state index contributed by atoms with van der Waals surface area (Å²) in [6.07, 6.45) is 11.9. The molecule has 12 heavy (non-hydrogen) atoms. The van der Waals surface area contributed by atoms with Crippen LogP contribution in [0.1, 0.15) is 32.1 Å². The molecule has 0 amide bonds. The van der Waals surface area contributed by atoms with Crippen LogP contribution in [0.5, 0.6) is 0 Å². The molecule has 2 aliphatic carbocycles. The van der Waals surface area contributed by atoms with E-state index >= 15 is 0 Å². The van der Waals surface area contributed by atoms with Crippen LogP contribution in [0.3, 0.4) is 0 Å². The van der Waals surface area contributed by atoms with Gasteiger partial charge in [0.1, 0.15) is 0 Å². The van der Waals surface area contributed by atoms with Gasteiger partial charge in [-0.25, -0.2) is 0 Å². The summed E-state index contributed by atoms with van der Waals surface area (Å²) in [5.41, 5.74) is 0. The van der Waals surface area contributed by atoms with E-state index in [1.807, 2.05) is 7.11 Å². The summed E-state index contributed by atoms with van der Waals surface area (Å²) < 4.78 is 5.53. The second-order valence-electron chi connectivity index (χ2n) is 4.07. The predicted octanol–water partition coefficient (Wildman–Crippen LogP) is 2.77. The third-order valence-corrected chi connectivity index (χ3v) is 3.46. The largest absolute Gasteiger partial charge is 0.381 e. The molecule has 68 valence electrons. The summed E-state index contributed by atoms with van der Waals surface area (Å²) in [4.78, 5) is 0. The zero-order valence-electron chi connectivity index (χ0n) is 7.83. The van der Waals surface area contributed by atoms with E-state index in [1.165, 1.54) is 32.1 Å². The highest BCUT2D eigenvalue weighted by molar-refractivity contribution is 4.98. The lowest BCUT2D eigenvalue weighted by Gasteiger charge is -2.38. The van der Waals surface area contributed by atoms with Crippen molar-refractivity contribution < 1.29 is 4.74 Å². The van der Waals surface area contributed by atoms with Gasteiger partial charge in [-0.3, -0.25) is 0 Å². The normalized spacial score (nSPS) is 40.9. The van der Waals surface area contributed by atoms with E-state index in [0.29, 0.717) is 6.10 Å². The molecule has 0 N–H and O–H groups in total. The van der Waals surface area contributed by atoms with Crippen LogP contribution in [-0.4, -0.2) is 13.2 Å². The number of methoxy groups -OCH3 is 1. The SMILES string of the molecule is COC1CCCC2CC=CCC21. The molecule has 0 aliphatic heterocycles. The van der Waals surface area contributed by atoms with Gasteiger partial charge in [-0.2, -0.15) is 0 Å². The lowest BCUT2D eigenvalue weighted by Crippen LogP contribution is -2.34. The van der Waals surface area contributed by atoms with Gasteiger partial charge in [-0.05, 0) is 37.5 Å². The van der Waals surface area contributed by atoms with Crippen LogP contribution < -0.4 is 0 Å². The van der Waals surface area contributed by atoms with E-state index in [0.717, 1.165) is 11.8 Å². The minimum absolute atomic E-state index is 0.550. The highest BCUT2D eigenvalue weighted by atomic mass is 16.5. The molecule has 0 aromatic heterocycles. The van der Waals surface area contributed by atoms with Crippen LogP contribution in [0.15, 0.2) is 12.2 Å². The Labute approximate surface area is 74.8 Å². The average molecular weight is 166 g/mol. The van der Waals surface area contributed by atoms with Gasteiger partial charge in [0, 0.05) is 7.11 Å². The second kappa shape index (κ2) is 3.61. The van der Waals surface area contributed by atoms with E-state index in [1.54, 1.807) is 0 Å². The van der Waals surface area contributed by atoms with Gasteiger partial charge in [0.2, 0.25) is 0 Å². The maximum Gasteiger partial charge on any atom is 0.0605 e. The smallest absolute Gasteiger partial charge is 0.0605 e. The Hall–Kier alpha value is -0.300. The van der Waals surface area contributed by atoms with Crippen LogP contribution in [0.25, 0.3) is 0 Å². The molecule has 1 saturated carbocycles. The van der Waals surface area contributed by atoms with Crippen molar-refractivity contribution in [3.63, 3.8) is 0 Å². The third kappa shape index (κ3) is 1.42. The number of ether oxygens (including phenoxy) is 1. The summed E-state index contributed by atoms with van der Waals surface area (Å²) in [7, 11) is 1.87. The van der Waals surface area contributed by atoms with Crippen molar-refractivity contribution in [3.05, 3.63) is 12.2 Å². The van der Waals surface area contributed by atoms with Crippen molar-refractivity contribution in [2.75, 3.05) is 7.11 Å². The van der Waals surface area contributed by atoms with E-state index in [-0.39, 0.29) is 0 Å². The molecule has 2 aliphatic rings. The van der Waals surface area contributed by atoms with Crippen molar-refractivity contribution in [3.8, 4) is 0 Å². The fraction of sp³-hybridized carbons (Fsp3) is 0.818. The van der Waals surface area contributed by atoms with Crippen molar-refractivity contribution in [1.29, 1.82) is 0 Å². The third-order valence-electron chi connectivity index (χ3n) is 3.46. The molecule has 1 nitrogen and oxygen atoms in total. The molecule has 3 unspecified atom stereocenters. The Kier molecular flexibility index (Phi) is 2.50.